The van der Waals surface area contributed by atoms with Crippen molar-refractivity contribution in [1.82, 2.24) is 21.5 Å². The number of thiocarbonyl (C=S) groups is 2. The second-order valence-electron chi connectivity index (χ2n) is 3.83. The number of nitrogens with zero attached hydrogens (tertiary/aromatic N) is 3. The third kappa shape index (κ3) is 5.82. The van der Waals surface area contributed by atoms with Crippen molar-refractivity contribution in [3.05, 3.63) is 35.4 Å². The first-order valence-electron chi connectivity index (χ1n) is 6.17. The van der Waals surface area contributed by atoms with Crippen molar-refractivity contribution in [3.8, 4) is 6.07 Å². The van der Waals surface area contributed by atoms with Crippen molar-refractivity contribution in [2.45, 2.75) is 0 Å². The molecule has 0 atom stereocenters. The molecule has 0 amide bonds. The van der Waals surface area contributed by atoms with Gasteiger partial charge >= 0.3 is 0 Å². The van der Waals surface area contributed by atoms with E-state index in [0.29, 0.717) is 21.5 Å². The van der Waals surface area contributed by atoms with E-state index in [4.69, 9.17) is 29.7 Å². The highest BCUT2D eigenvalue weighted by Crippen LogP contribution is 2.04. The Labute approximate surface area is 139 Å². The predicted octanol–water partition coefficient (Wildman–Crippen LogP) is 0.436. The van der Waals surface area contributed by atoms with Gasteiger partial charge in [0.2, 0.25) is 0 Å². The number of hydrogen-bond acceptors (Lipinski definition) is 5. The van der Waals surface area contributed by atoms with Crippen LogP contribution in [0.4, 0.5) is 0 Å². The van der Waals surface area contributed by atoms with E-state index in [9.17, 15) is 0 Å². The second-order valence-corrected chi connectivity index (χ2v) is 4.64. The number of nitrogens with one attached hydrogen (secondary N) is 4. The van der Waals surface area contributed by atoms with Gasteiger partial charge in [0, 0.05) is 19.7 Å². The lowest BCUT2D eigenvalue weighted by Crippen LogP contribution is -2.30. The molecule has 7 nitrogen and oxygen atoms in total. The van der Waals surface area contributed by atoms with Crippen molar-refractivity contribution < 1.29 is 0 Å². The molecule has 0 aromatic heterocycles. The van der Waals surface area contributed by atoms with E-state index in [1.165, 1.54) is 6.21 Å². The van der Waals surface area contributed by atoms with Gasteiger partial charge in [-0.3, -0.25) is 10.9 Å². The topological polar surface area (TPSA) is 96.6 Å². The van der Waals surface area contributed by atoms with Crippen LogP contribution in [0, 0.1) is 11.3 Å². The van der Waals surface area contributed by atoms with Gasteiger partial charge < -0.3 is 10.6 Å². The molecule has 0 bridgehead atoms. The summed E-state index contributed by atoms with van der Waals surface area (Å²) in [6.45, 7) is 0. The molecule has 4 N–H and O–H groups in total. The second kappa shape index (κ2) is 9.38. The SMILES string of the molecule is CNC(=S)NN=CC(=NNC(=S)NC)c1ccc(C#N)cc1. The quantitative estimate of drug-likeness (QED) is 0.361. The summed E-state index contributed by atoms with van der Waals surface area (Å²) < 4.78 is 0. The molecule has 0 spiro atoms. The Morgan fingerprint density at radius 1 is 1.09 bits per heavy atom. The first-order valence-corrected chi connectivity index (χ1v) is 6.99. The molecular formula is C13H15N7S2. The third-order valence-electron chi connectivity index (χ3n) is 2.39. The molecule has 9 heteroatoms. The van der Waals surface area contributed by atoms with Crippen LogP contribution in [-0.2, 0) is 0 Å². The summed E-state index contributed by atoms with van der Waals surface area (Å²) >= 11 is 9.90. The minimum Gasteiger partial charge on any atom is -0.364 e. The zero-order valence-electron chi connectivity index (χ0n) is 12.0. The van der Waals surface area contributed by atoms with E-state index in [2.05, 4.69) is 37.8 Å². The third-order valence-corrected chi connectivity index (χ3v) is 2.99. The molecule has 0 saturated heterocycles. The summed E-state index contributed by atoms with van der Waals surface area (Å²) in [6.07, 6.45) is 1.50. The Balaban J connectivity index is 2.96. The van der Waals surface area contributed by atoms with Gasteiger partial charge in [-0.05, 0) is 36.6 Å². The van der Waals surface area contributed by atoms with Gasteiger partial charge in [-0.25, -0.2) is 0 Å². The maximum Gasteiger partial charge on any atom is 0.186 e. The summed E-state index contributed by atoms with van der Waals surface area (Å²) in [4.78, 5) is 0. The maximum atomic E-state index is 8.83. The highest BCUT2D eigenvalue weighted by atomic mass is 32.1. The van der Waals surface area contributed by atoms with Gasteiger partial charge in [-0.1, -0.05) is 12.1 Å². The van der Waals surface area contributed by atoms with E-state index >= 15 is 0 Å². The molecule has 114 valence electrons. The molecule has 1 rings (SSSR count). The van der Waals surface area contributed by atoms with E-state index < -0.39 is 0 Å². The molecule has 0 unspecified atom stereocenters. The molecular weight excluding hydrogens is 318 g/mol. The number of hydrogen-bond donors (Lipinski definition) is 4. The van der Waals surface area contributed by atoms with Crippen LogP contribution < -0.4 is 21.5 Å². The van der Waals surface area contributed by atoms with Crippen molar-refractivity contribution >= 4 is 46.6 Å². The van der Waals surface area contributed by atoms with E-state index in [1.807, 2.05) is 0 Å². The smallest absolute Gasteiger partial charge is 0.186 e. The number of nitriles is 1. The molecule has 1 aromatic carbocycles. The predicted molar refractivity (Wildman–Crippen MR) is 95.8 cm³/mol. The monoisotopic (exact) mass is 333 g/mol. The molecule has 0 aliphatic carbocycles. The lowest BCUT2D eigenvalue weighted by molar-refractivity contribution is 0.972. The van der Waals surface area contributed by atoms with E-state index in [1.54, 1.807) is 38.4 Å². The van der Waals surface area contributed by atoms with Crippen LogP contribution in [0.1, 0.15) is 11.1 Å². The van der Waals surface area contributed by atoms with Crippen molar-refractivity contribution in [1.29, 1.82) is 5.26 Å². The van der Waals surface area contributed by atoms with Gasteiger partial charge in [0.05, 0.1) is 17.8 Å². The Kier molecular flexibility index (Phi) is 7.45. The first kappa shape index (κ1) is 17.5. The van der Waals surface area contributed by atoms with Crippen LogP contribution in [0.3, 0.4) is 0 Å². The number of rotatable bonds is 4. The van der Waals surface area contributed by atoms with Crippen LogP contribution in [0.15, 0.2) is 34.5 Å². The number of hydrazone groups is 2. The van der Waals surface area contributed by atoms with Gasteiger partial charge in [-0.15, -0.1) is 0 Å². The summed E-state index contributed by atoms with van der Waals surface area (Å²) in [5, 5.41) is 23.2. The summed E-state index contributed by atoms with van der Waals surface area (Å²) in [7, 11) is 3.38. The first-order chi connectivity index (χ1) is 10.6. The standard InChI is InChI=1S/C13H15N7S2/c1-15-12(21)19-17-8-11(18-20-13(22)16-2)10-5-3-9(7-14)4-6-10/h3-6,8H,1-2H3,(H2,15,19,21)(H2,16,20,22). The molecule has 1 aromatic rings. The number of benzene rings is 1. The molecule has 0 radical (unpaired) electrons. The average molecular weight is 333 g/mol. The summed E-state index contributed by atoms with van der Waals surface area (Å²) in [5.41, 5.74) is 7.18. The minimum absolute atomic E-state index is 0.373. The fourth-order valence-electron chi connectivity index (χ4n) is 1.26. The molecule has 0 heterocycles. The van der Waals surface area contributed by atoms with Gasteiger partial charge in [0.1, 0.15) is 5.71 Å². The van der Waals surface area contributed by atoms with Crippen LogP contribution in [0.2, 0.25) is 0 Å². The zero-order chi connectivity index (χ0) is 16.4. The molecule has 0 aliphatic heterocycles. The Morgan fingerprint density at radius 2 is 1.68 bits per heavy atom. The average Bonchev–Trinajstić information content (AvgIpc) is 2.57. The molecule has 22 heavy (non-hydrogen) atoms. The van der Waals surface area contributed by atoms with Crippen molar-refractivity contribution in [2.75, 3.05) is 14.1 Å². The van der Waals surface area contributed by atoms with Crippen LogP contribution in [-0.4, -0.2) is 36.2 Å². The van der Waals surface area contributed by atoms with Crippen LogP contribution in [0.25, 0.3) is 0 Å². The van der Waals surface area contributed by atoms with Crippen LogP contribution >= 0.6 is 24.4 Å². The van der Waals surface area contributed by atoms with E-state index in [-0.39, 0.29) is 0 Å². The van der Waals surface area contributed by atoms with Crippen molar-refractivity contribution in [3.63, 3.8) is 0 Å². The molecule has 0 fully saturated rings. The van der Waals surface area contributed by atoms with Crippen LogP contribution in [0.5, 0.6) is 0 Å². The Bertz CT molecular complexity index is 629. The summed E-state index contributed by atoms with van der Waals surface area (Å²) in [6, 6.07) is 8.99. The lowest BCUT2D eigenvalue weighted by Gasteiger charge is -2.05. The maximum absolute atomic E-state index is 8.83. The van der Waals surface area contributed by atoms with Crippen molar-refractivity contribution in [2.24, 2.45) is 10.2 Å². The highest BCUT2D eigenvalue weighted by molar-refractivity contribution is 7.80. The fraction of sp³-hybridized carbons (Fsp3) is 0.154. The zero-order valence-corrected chi connectivity index (χ0v) is 13.7. The Hall–Kier alpha value is -2.57. The lowest BCUT2D eigenvalue weighted by atomic mass is 10.1. The van der Waals surface area contributed by atoms with Gasteiger partial charge in [-0.2, -0.15) is 15.5 Å². The Morgan fingerprint density at radius 3 is 2.23 bits per heavy atom. The highest BCUT2D eigenvalue weighted by Gasteiger charge is 2.02. The molecule has 0 saturated carbocycles. The normalized spacial score (nSPS) is 10.7. The fourth-order valence-corrected chi connectivity index (χ4v) is 1.36. The summed E-state index contributed by atoms with van der Waals surface area (Å²) in [5.74, 6) is 0. The molecule has 0 aliphatic rings. The minimum atomic E-state index is 0.373. The van der Waals surface area contributed by atoms with Gasteiger partial charge in [0.25, 0.3) is 0 Å². The largest absolute Gasteiger partial charge is 0.364 e. The van der Waals surface area contributed by atoms with Gasteiger partial charge in [0.15, 0.2) is 10.2 Å². The van der Waals surface area contributed by atoms with E-state index in [0.717, 1.165) is 5.56 Å².